The number of carbonyl (C=O) groups is 2. The molecule has 2 aliphatic rings. The zero-order valence-corrected chi connectivity index (χ0v) is 16.6. The number of H-pyrrole nitrogens is 1. The Kier molecular flexibility index (Phi) is 6.88. The van der Waals surface area contributed by atoms with Gasteiger partial charge in [-0.2, -0.15) is 5.10 Å². The van der Waals surface area contributed by atoms with Crippen molar-refractivity contribution < 1.29 is 14.3 Å². The second kappa shape index (κ2) is 9.35. The third kappa shape index (κ3) is 5.54. The number of hydrogen-bond donors (Lipinski definition) is 1. The van der Waals surface area contributed by atoms with Crippen LogP contribution in [0.5, 0.6) is 0 Å². The van der Waals surface area contributed by atoms with E-state index in [9.17, 15) is 9.59 Å². The van der Waals surface area contributed by atoms with E-state index in [0.29, 0.717) is 50.3 Å². The van der Waals surface area contributed by atoms with Crippen LogP contribution in [0.1, 0.15) is 55.7 Å². The molecule has 1 unspecified atom stereocenters. The van der Waals surface area contributed by atoms with E-state index in [-0.39, 0.29) is 11.8 Å². The number of amides is 2. The molecule has 0 bridgehead atoms. The minimum atomic E-state index is 0.00506. The van der Waals surface area contributed by atoms with Crippen LogP contribution < -0.4 is 0 Å². The molecule has 1 atom stereocenters. The number of rotatable bonds is 6. The van der Waals surface area contributed by atoms with Crippen molar-refractivity contribution in [3.63, 3.8) is 0 Å². The first-order valence-corrected chi connectivity index (χ1v) is 10.2. The summed E-state index contributed by atoms with van der Waals surface area (Å²) in [5.74, 6) is 1.14. The lowest BCUT2D eigenvalue weighted by Gasteiger charge is -2.33. The Hall–Kier alpha value is -1.89. The van der Waals surface area contributed by atoms with Crippen LogP contribution in [0.4, 0.5) is 0 Å². The van der Waals surface area contributed by atoms with Gasteiger partial charge in [0, 0.05) is 38.3 Å². The second-order valence-electron chi connectivity index (χ2n) is 8.17. The maximum Gasteiger partial charge on any atom is 0.274 e. The highest BCUT2D eigenvalue weighted by Gasteiger charge is 2.27. The molecule has 2 fully saturated rings. The average Bonchev–Trinajstić information content (AvgIpc) is 3.14. The first-order chi connectivity index (χ1) is 13.0. The van der Waals surface area contributed by atoms with Crippen molar-refractivity contribution >= 4 is 11.8 Å². The van der Waals surface area contributed by atoms with Crippen LogP contribution >= 0.6 is 0 Å². The zero-order chi connectivity index (χ0) is 19.2. The fraction of sp³-hybridized carbons (Fsp3) is 0.750. The first-order valence-electron chi connectivity index (χ1n) is 10.2. The van der Waals surface area contributed by atoms with E-state index in [0.717, 1.165) is 44.5 Å². The smallest absolute Gasteiger partial charge is 0.274 e. The molecule has 150 valence electrons. The van der Waals surface area contributed by atoms with Gasteiger partial charge in [-0.05, 0) is 43.6 Å². The van der Waals surface area contributed by atoms with Crippen molar-refractivity contribution in [3.8, 4) is 0 Å². The number of aromatic nitrogens is 2. The maximum absolute atomic E-state index is 12.8. The SMILES string of the molecule is CC(C)Cc1cc(C(=O)N2CCCC(CCC(=O)N3CCOCC3)C2)n[nH]1. The van der Waals surface area contributed by atoms with Crippen LogP contribution in [0.15, 0.2) is 6.07 Å². The van der Waals surface area contributed by atoms with E-state index in [1.54, 1.807) is 0 Å². The molecular formula is C20H32N4O3. The number of morpholine rings is 1. The van der Waals surface area contributed by atoms with Crippen LogP contribution in [0, 0.1) is 11.8 Å². The number of carbonyl (C=O) groups excluding carboxylic acids is 2. The summed E-state index contributed by atoms with van der Waals surface area (Å²) in [4.78, 5) is 28.9. The van der Waals surface area contributed by atoms with E-state index in [2.05, 4.69) is 24.0 Å². The lowest BCUT2D eigenvalue weighted by molar-refractivity contribution is -0.135. The monoisotopic (exact) mass is 376 g/mol. The molecule has 3 heterocycles. The molecule has 7 nitrogen and oxygen atoms in total. The number of nitrogens with one attached hydrogen (secondary N) is 1. The quantitative estimate of drug-likeness (QED) is 0.825. The van der Waals surface area contributed by atoms with Gasteiger partial charge in [-0.25, -0.2) is 0 Å². The van der Waals surface area contributed by atoms with Crippen LogP contribution in [0.2, 0.25) is 0 Å². The molecule has 3 rings (SSSR count). The Morgan fingerprint density at radius 3 is 2.78 bits per heavy atom. The Morgan fingerprint density at radius 1 is 1.26 bits per heavy atom. The summed E-state index contributed by atoms with van der Waals surface area (Å²) in [7, 11) is 0. The van der Waals surface area contributed by atoms with Gasteiger partial charge in [0.15, 0.2) is 0 Å². The highest BCUT2D eigenvalue weighted by atomic mass is 16.5. The number of hydrogen-bond acceptors (Lipinski definition) is 4. The lowest BCUT2D eigenvalue weighted by atomic mass is 9.93. The van der Waals surface area contributed by atoms with Crippen LogP contribution in [0.3, 0.4) is 0 Å². The molecule has 1 aromatic rings. The van der Waals surface area contributed by atoms with Crippen molar-refractivity contribution in [1.82, 2.24) is 20.0 Å². The van der Waals surface area contributed by atoms with Gasteiger partial charge in [0.1, 0.15) is 5.69 Å². The fourth-order valence-electron chi connectivity index (χ4n) is 3.96. The molecule has 0 radical (unpaired) electrons. The number of likely N-dealkylation sites (tertiary alicyclic amines) is 1. The summed E-state index contributed by atoms with van der Waals surface area (Å²) in [6, 6.07) is 1.88. The van der Waals surface area contributed by atoms with Crippen molar-refractivity contribution in [2.24, 2.45) is 11.8 Å². The Balaban J connectivity index is 1.49. The van der Waals surface area contributed by atoms with Gasteiger partial charge in [-0.1, -0.05) is 13.8 Å². The summed E-state index contributed by atoms with van der Waals surface area (Å²) in [5.41, 5.74) is 1.52. The standard InChI is InChI=1S/C20H32N4O3/c1-15(2)12-17-13-18(22-21-17)20(26)24-7-3-4-16(14-24)5-6-19(25)23-8-10-27-11-9-23/h13,15-16H,3-12,14H2,1-2H3,(H,21,22). The minimum absolute atomic E-state index is 0.00506. The van der Waals surface area contributed by atoms with Crippen LogP contribution in [-0.2, 0) is 16.0 Å². The van der Waals surface area contributed by atoms with Crippen LogP contribution in [-0.4, -0.2) is 71.2 Å². The normalized spacial score (nSPS) is 20.9. The van der Waals surface area contributed by atoms with Crippen molar-refractivity contribution in [2.75, 3.05) is 39.4 Å². The van der Waals surface area contributed by atoms with E-state index in [1.165, 1.54) is 0 Å². The van der Waals surface area contributed by atoms with Crippen molar-refractivity contribution in [3.05, 3.63) is 17.5 Å². The molecule has 0 aliphatic carbocycles. The topological polar surface area (TPSA) is 78.5 Å². The Bertz CT molecular complexity index is 637. The molecule has 2 amide bonds. The Labute approximate surface area is 161 Å². The van der Waals surface area contributed by atoms with E-state index >= 15 is 0 Å². The molecule has 1 aromatic heterocycles. The number of nitrogens with zero attached hydrogens (tertiary/aromatic N) is 3. The minimum Gasteiger partial charge on any atom is -0.378 e. The van der Waals surface area contributed by atoms with E-state index < -0.39 is 0 Å². The number of ether oxygens (including phenoxy) is 1. The molecular weight excluding hydrogens is 344 g/mol. The van der Waals surface area contributed by atoms with Crippen molar-refractivity contribution in [1.29, 1.82) is 0 Å². The molecule has 0 aromatic carbocycles. The molecule has 0 spiro atoms. The summed E-state index contributed by atoms with van der Waals surface area (Å²) in [6.07, 6.45) is 4.38. The number of piperidine rings is 1. The molecule has 1 N–H and O–H groups in total. The van der Waals surface area contributed by atoms with Gasteiger partial charge in [-0.3, -0.25) is 14.7 Å². The highest BCUT2D eigenvalue weighted by Crippen LogP contribution is 2.23. The van der Waals surface area contributed by atoms with E-state index in [1.807, 2.05) is 15.9 Å². The maximum atomic E-state index is 12.8. The van der Waals surface area contributed by atoms with Gasteiger partial charge in [0.2, 0.25) is 5.91 Å². The third-order valence-electron chi connectivity index (χ3n) is 5.41. The molecule has 2 saturated heterocycles. The third-order valence-corrected chi connectivity index (χ3v) is 5.41. The summed E-state index contributed by atoms with van der Waals surface area (Å²) < 4.78 is 5.30. The molecule has 7 heteroatoms. The van der Waals surface area contributed by atoms with Crippen molar-refractivity contribution in [2.45, 2.75) is 46.0 Å². The molecule has 0 saturated carbocycles. The predicted octanol–water partition coefficient (Wildman–Crippen LogP) is 2.10. The van der Waals surface area contributed by atoms with Crippen LogP contribution in [0.25, 0.3) is 0 Å². The zero-order valence-electron chi connectivity index (χ0n) is 16.6. The summed E-state index contributed by atoms with van der Waals surface area (Å²) >= 11 is 0. The second-order valence-corrected chi connectivity index (χ2v) is 8.17. The van der Waals surface area contributed by atoms with Gasteiger partial charge in [-0.15, -0.1) is 0 Å². The summed E-state index contributed by atoms with van der Waals surface area (Å²) in [6.45, 7) is 8.48. The van der Waals surface area contributed by atoms with Gasteiger partial charge >= 0.3 is 0 Å². The largest absolute Gasteiger partial charge is 0.378 e. The van der Waals surface area contributed by atoms with Gasteiger partial charge in [0.05, 0.1) is 13.2 Å². The fourth-order valence-corrected chi connectivity index (χ4v) is 3.96. The molecule has 2 aliphatic heterocycles. The molecule has 27 heavy (non-hydrogen) atoms. The average molecular weight is 377 g/mol. The summed E-state index contributed by atoms with van der Waals surface area (Å²) in [5, 5.41) is 7.20. The van der Waals surface area contributed by atoms with Gasteiger partial charge in [0.25, 0.3) is 5.91 Å². The predicted molar refractivity (Wildman–Crippen MR) is 102 cm³/mol. The Morgan fingerprint density at radius 2 is 2.04 bits per heavy atom. The number of aromatic amines is 1. The van der Waals surface area contributed by atoms with E-state index in [4.69, 9.17) is 4.74 Å². The lowest BCUT2D eigenvalue weighted by Crippen LogP contribution is -2.42. The highest BCUT2D eigenvalue weighted by molar-refractivity contribution is 5.92. The first kappa shape index (κ1) is 19.9. The van der Waals surface area contributed by atoms with Gasteiger partial charge < -0.3 is 14.5 Å².